The van der Waals surface area contributed by atoms with Crippen LogP contribution >= 0.6 is 0 Å². The fraction of sp³-hybridized carbons (Fsp3) is 0.259. The zero-order valence-electron chi connectivity index (χ0n) is 18.9. The maximum absolute atomic E-state index is 12.6. The number of carbonyl (C=O) groups excluding carboxylic acids is 2. The summed E-state index contributed by atoms with van der Waals surface area (Å²) in [4.78, 5) is 25.0. The number of amides is 2. The second-order valence-corrected chi connectivity index (χ2v) is 8.98. The van der Waals surface area contributed by atoms with Crippen molar-refractivity contribution in [3.8, 4) is 0 Å². The molecule has 0 atom stereocenters. The molecular formula is C27H30N2O2. The van der Waals surface area contributed by atoms with Crippen molar-refractivity contribution in [2.75, 3.05) is 5.32 Å². The van der Waals surface area contributed by atoms with Crippen LogP contribution in [0.1, 0.15) is 63.7 Å². The van der Waals surface area contributed by atoms with Crippen LogP contribution in [0.15, 0.2) is 66.7 Å². The van der Waals surface area contributed by atoms with Crippen LogP contribution in [0.2, 0.25) is 0 Å². The molecule has 0 radical (unpaired) electrons. The molecule has 0 spiro atoms. The Labute approximate surface area is 184 Å². The number of anilines is 1. The standard InChI is InChI=1S/C27H30N2O2/c1-18-6-7-19(2)24(16-18)29-26(31)22-10-8-20(9-11-22)17-28-25(30)21-12-14-23(15-13-21)27(3,4)5/h6-16H,17H2,1-5H3,(H,28,30)(H,29,31). The lowest BCUT2D eigenvalue weighted by atomic mass is 9.87. The highest BCUT2D eigenvalue weighted by Crippen LogP contribution is 2.22. The molecule has 2 amide bonds. The quantitative estimate of drug-likeness (QED) is 0.556. The molecule has 2 N–H and O–H groups in total. The van der Waals surface area contributed by atoms with Gasteiger partial charge in [0.05, 0.1) is 0 Å². The summed E-state index contributed by atoms with van der Waals surface area (Å²) in [5.74, 6) is -0.263. The third kappa shape index (κ3) is 5.82. The van der Waals surface area contributed by atoms with E-state index in [-0.39, 0.29) is 17.2 Å². The van der Waals surface area contributed by atoms with Crippen LogP contribution in [0.4, 0.5) is 5.69 Å². The van der Waals surface area contributed by atoms with Crippen LogP contribution in [0.5, 0.6) is 0 Å². The number of nitrogens with one attached hydrogen (secondary N) is 2. The third-order valence-electron chi connectivity index (χ3n) is 5.32. The Bertz CT molecular complexity index is 1080. The summed E-state index contributed by atoms with van der Waals surface area (Å²) in [6.07, 6.45) is 0. The molecular weight excluding hydrogens is 384 g/mol. The Morgan fingerprint density at radius 2 is 1.35 bits per heavy atom. The van der Waals surface area contributed by atoms with Crippen LogP contribution in [0.25, 0.3) is 0 Å². The van der Waals surface area contributed by atoms with Gasteiger partial charge in [0.15, 0.2) is 0 Å². The highest BCUT2D eigenvalue weighted by molar-refractivity contribution is 6.04. The highest BCUT2D eigenvalue weighted by atomic mass is 16.2. The van der Waals surface area contributed by atoms with Crippen LogP contribution in [-0.4, -0.2) is 11.8 Å². The largest absolute Gasteiger partial charge is 0.348 e. The van der Waals surface area contributed by atoms with Crippen molar-refractivity contribution in [3.05, 3.63) is 100 Å². The van der Waals surface area contributed by atoms with Crippen molar-refractivity contribution in [1.29, 1.82) is 0 Å². The summed E-state index contributed by atoms with van der Waals surface area (Å²) < 4.78 is 0. The zero-order valence-corrected chi connectivity index (χ0v) is 18.9. The normalized spacial score (nSPS) is 11.1. The molecule has 0 aliphatic rings. The van der Waals surface area contributed by atoms with E-state index in [2.05, 4.69) is 31.4 Å². The van der Waals surface area contributed by atoms with Gasteiger partial charge in [-0.1, -0.05) is 57.2 Å². The Balaban J connectivity index is 1.58. The number of benzene rings is 3. The van der Waals surface area contributed by atoms with Gasteiger partial charge in [-0.15, -0.1) is 0 Å². The first-order valence-electron chi connectivity index (χ1n) is 10.5. The van der Waals surface area contributed by atoms with Gasteiger partial charge in [-0.25, -0.2) is 0 Å². The Morgan fingerprint density at radius 1 is 0.774 bits per heavy atom. The second kappa shape index (κ2) is 9.17. The summed E-state index contributed by atoms with van der Waals surface area (Å²) in [5.41, 5.74) is 6.34. The van der Waals surface area contributed by atoms with Crippen LogP contribution in [0.3, 0.4) is 0 Å². The number of hydrogen-bond acceptors (Lipinski definition) is 2. The van der Waals surface area contributed by atoms with Crippen LogP contribution in [0, 0.1) is 13.8 Å². The highest BCUT2D eigenvalue weighted by Gasteiger charge is 2.14. The SMILES string of the molecule is Cc1ccc(C)c(NC(=O)c2ccc(CNC(=O)c3ccc(C(C)(C)C)cc3)cc2)c1. The summed E-state index contributed by atoms with van der Waals surface area (Å²) in [7, 11) is 0. The van der Waals surface area contributed by atoms with Crippen molar-refractivity contribution < 1.29 is 9.59 Å². The van der Waals surface area contributed by atoms with Gasteiger partial charge in [0.1, 0.15) is 0 Å². The van der Waals surface area contributed by atoms with Gasteiger partial charge < -0.3 is 10.6 Å². The summed E-state index contributed by atoms with van der Waals surface area (Å²) >= 11 is 0. The molecule has 0 saturated carbocycles. The zero-order chi connectivity index (χ0) is 22.6. The minimum Gasteiger partial charge on any atom is -0.348 e. The van der Waals surface area contributed by atoms with Gasteiger partial charge in [-0.3, -0.25) is 9.59 Å². The van der Waals surface area contributed by atoms with E-state index in [0.717, 1.165) is 22.4 Å². The first kappa shape index (κ1) is 22.3. The number of rotatable bonds is 5. The van der Waals surface area contributed by atoms with E-state index < -0.39 is 0 Å². The molecule has 0 aliphatic heterocycles. The van der Waals surface area contributed by atoms with E-state index >= 15 is 0 Å². The molecule has 3 aromatic rings. The Morgan fingerprint density at radius 3 is 1.97 bits per heavy atom. The predicted molar refractivity (Wildman–Crippen MR) is 127 cm³/mol. The molecule has 4 heteroatoms. The molecule has 31 heavy (non-hydrogen) atoms. The molecule has 0 fully saturated rings. The van der Waals surface area contributed by atoms with Crippen molar-refractivity contribution in [2.45, 2.75) is 46.6 Å². The van der Waals surface area contributed by atoms with Crippen molar-refractivity contribution in [1.82, 2.24) is 5.32 Å². The van der Waals surface area contributed by atoms with Gasteiger partial charge in [-0.05, 0) is 71.8 Å². The molecule has 0 saturated heterocycles. The molecule has 0 aliphatic carbocycles. The van der Waals surface area contributed by atoms with Gasteiger partial charge in [0.25, 0.3) is 11.8 Å². The molecule has 0 aromatic heterocycles. The fourth-order valence-corrected chi connectivity index (χ4v) is 3.24. The Kier molecular flexibility index (Phi) is 6.59. The lowest BCUT2D eigenvalue weighted by molar-refractivity contribution is 0.0949. The van der Waals surface area contributed by atoms with Crippen molar-refractivity contribution in [2.24, 2.45) is 0 Å². The van der Waals surface area contributed by atoms with Crippen LogP contribution < -0.4 is 10.6 Å². The lowest BCUT2D eigenvalue weighted by Gasteiger charge is -2.19. The molecule has 160 valence electrons. The average Bonchev–Trinajstić information content (AvgIpc) is 2.74. The van der Waals surface area contributed by atoms with Crippen molar-refractivity contribution in [3.63, 3.8) is 0 Å². The van der Waals surface area contributed by atoms with Gasteiger partial charge in [0, 0.05) is 23.4 Å². The number of carbonyl (C=O) groups is 2. The summed E-state index contributed by atoms with van der Waals surface area (Å²) in [5, 5.41) is 5.90. The van der Waals surface area contributed by atoms with E-state index in [9.17, 15) is 9.59 Å². The first-order valence-corrected chi connectivity index (χ1v) is 10.5. The minimum atomic E-state index is -0.150. The topological polar surface area (TPSA) is 58.2 Å². The van der Waals surface area contributed by atoms with E-state index in [1.165, 1.54) is 5.56 Å². The lowest BCUT2D eigenvalue weighted by Crippen LogP contribution is -2.23. The molecule has 4 nitrogen and oxygen atoms in total. The van der Waals surface area contributed by atoms with Gasteiger partial charge in [-0.2, -0.15) is 0 Å². The maximum atomic E-state index is 12.6. The monoisotopic (exact) mass is 414 g/mol. The Hall–Kier alpha value is -3.40. The molecule has 0 unspecified atom stereocenters. The van der Waals surface area contributed by atoms with Gasteiger partial charge >= 0.3 is 0 Å². The fourth-order valence-electron chi connectivity index (χ4n) is 3.24. The third-order valence-corrected chi connectivity index (χ3v) is 5.32. The predicted octanol–water partition coefficient (Wildman–Crippen LogP) is 5.78. The number of aryl methyl sites for hydroxylation is 2. The maximum Gasteiger partial charge on any atom is 0.255 e. The molecule has 0 bridgehead atoms. The first-order chi connectivity index (χ1) is 14.6. The minimum absolute atomic E-state index is 0.0566. The molecule has 0 heterocycles. The van der Waals surface area contributed by atoms with Gasteiger partial charge in [0.2, 0.25) is 0 Å². The molecule has 3 rings (SSSR count). The molecule has 3 aromatic carbocycles. The average molecular weight is 415 g/mol. The van der Waals surface area contributed by atoms with E-state index in [1.54, 1.807) is 12.1 Å². The van der Waals surface area contributed by atoms with E-state index in [4.69, 9.17) is 0 Å². The van der Waals surface area contributed by atoms with Crippen molar-refractivity contribution >= 4 is 17.5 Å². The van der Waals surface area contributed by atoms with E-state index in [1.807, 2.05) is 68.4 Å². The van der Waals surface area contributed by atoms with E-state index in [0.29, 0.717) is 17.7 Å². The summed E-state index contributed by atoms with van der Waals surface area (Å²) in [6.45, 7) is 10.8. The number of hydrogen-bond donors (Lipinski definition) is 2. The second-order valence-electron chi connectivity index (χ2n) is 8.98. The smallest absolute Gasteiger partial charge is 0.255 e. The summed E-state index contributed by atoms with van der Waals surface area (Å²) in [6, 6.07) is 21.0. The van der Waals surface area contributed by atoms with Crippen LogP contribution in [-0.2, 0) is 12.0 Å².